The van der Waals surface area contributed by atoms with Crippen molar-refractivity contribution in [1.82, 2.24) is 9.97 Å². The highest BCUT2D eigenvalue weighted by atomic mass is 79.9. The lowest BCUT2D eigenvalue weighted by Crippen LogP contribution is -2.00. The van der Waals surface area contributed by atoms with Crippen LogP contribution in [0.3, 0.4) is 0 Å². The number of alkyl halides is 1. The van der Waals surface area contributed by atoms with Crippen LogP contribution < -0.4 is 14.8 Å². The number of anilines is 2. The number of hydrogen-bond acceptors (Lipinski definition) is 5. The minimum atomic E-state index is -0.472. The molecule has 0 aliphatic rings. The van der Waals surface area contributed by atoms with Gasteiger partial charge < -0.3 is 14.8 Å². The summed E-state index contributed by atoms with van der Waals surface area (Å²) in [6.07, 6.45) is 1.39. The lowest BCUT2D eigenvalue weighted by atomic mass is 10.2. The van der Waals surface area contributed by atoms with Crippen LogP contribution in [0.4, 0.5) is 15.9 Å². The molecule has 3 aromatic rings. The van der Waals surface area contributed by atoms with Gasteiger partial charge in [0.1, 0.15) is 23.5 Å². The van der Waals surface area contributed by atoms with E-state index >= 15 is 0 Å². The van der Waals surface area contributed by atoms with Crippen molar-refractivity contribution in [2.75, 3.05) is 17.9 Å². The van der Waals surface area contributed by atoms with Crippen molar-refractivity contribution in [3.8, 4) is 11.5 Å². The fourth-order valence-corrected chi connectivity index (χ4v) is 2.62. The zero-order valence-electron chi connectivity index (χ0n) is 12.5. The van der Waals surface area contributed by atoms with Crippen LogP contribution in [0.15, 0.2) is 36.7 Å². The molecular weight excluding hydrogens is 401 g/mol. The normalized spacial score (nSPS) is 10.7. The third kappa shape index (κ3) is 3.37. The van der Waals surface area contributed by atoms with Gasteiger partial charge in [-0.2, -0.15) is 0 Å². The molecule has 1 aromatic heterocycles. The molecule has 8 heteroatoms. The summed E-state index contributed by atoms with van der Waals surface area (Å²) in [5.74, 6) is 1.05. The Morgan fingerprint density at radius 2 is 2.04 bits per heavy atom. The van der Waals surface area contributed by atoms with Gasteiger partial charge in [0.05, 0.1) is 18.3 Å². The molecule has 3 rings (SSSR count). The minimum Gasteiger partial charge on any atom is -0.493 e. The van der Waals surface area contributed by atoms with E-state index in [1.54, 1.807) is 24.3 Å². The van der Waals surface area contributed by atoms with Gasteiger partial charge in [0.2, 0.25) is 0 Å². The first-order valence-corrected chi connectivity index (χ1v) is 8.36. The molecule has 0 spiro atoms. The molecule has 0 saturated carbocycles. The Balaban J connectivity index is 2.07. The van der Waals surface area contributed by atoms with Crippen LogP contribution in [0, 0.1) is 5.82 Å². The van der Waals surface area contributed by atoms with E-state index in [4.69, 9.17) is 21.1 Å². The molecule has 0 unspecified atom stereocenters. The number of methoxy groups -OCH3 is 1. The van der Waals surface area contributed by atoms with Gasteiger partial charge in [-0.1, -0.05) is 11.6 Å². The Labute approximate surface area is 150 Å². The molecule has 0 aliphatic carbocycles. The van der Waals surface area contributed by atoms with Crippen molar-refractivity contribution in [3.63, 3.8) is 0 Å². The highest BCUT2D eigenvalue weighted by Crippen LogP contribution is 2.35. The van der Waals surface area contributed by atoms with Crippen LogP contribution in [0.1, 0.15) is 0 Å². The van der Waals surface area contributed by atoms with Gasteiger partial charge in [-0.05, 0) is 40.2 Å². The topological polar surface area (TPSA) is 56.3 Å². The third-order valence-electron chi connectivity index (χ3n) is 3.31. The smallest absolute Gasteiger partial charge is 0.164 e. The zero-order chi connectivity index (χ0) is 17.1. The largest absolute Gasteiger partial charge is 0.493 e. The van der Waals surface area contributed by atoms with Gasteiger partial charge in [0.15, 0.2) is 11.5 Å². The van der Waals surface area contributed by atoms with Crippen LogP contribution in [0.5, 0.6) is 11.5 Å². The van der Waals surface area contributed by atoms with Crippen molar-refractivity contribution in [3.05, 3.63) is 47.5 Å². The summed E-state index contributed by atoms with van der Waals surface area (Å²) in [6.45, 7) is 0. The lowest BCUT2D eigenvalue weighted by Gasteiger charge is -2.13. The summed E-state index contributed by atoms with van der Waals surface area (Å²) in [7, 11) is 1.54. The van der Waals surface area contributed by atoms with E-state index in [0.717, 1.165) is 0 Å². The summed E-state index contributed by atoms with van der Waals surface area (Å²) in [5, 5.41) is 3.95. The van der Waals surface area contributed by atoms with Crippen LogP contribution in [-0.4, -0.2) is 22.6 Å². The number of benzene rings is 2. The summed E-state index contributed by atoms with van der Waals surface area (Å²) in [4.78, 5) is 8.41. The number of aromatic nitrogens is 2. The molecule has 0 amide bonds. The van der Waals surface area contributed by atoms with Crippen LogP contribution >= 0.6 is 27.5 Å². The average Bonchev–Trinajstić information content (AvgIpc) is 2.57. The molecule has 0 aliphatic heterocycles. The van der Waals surface area contributed by atoms with Gasteiger partial charge in [-0.15, -0.1) is 0 Å². The predicted octanol–water partition coefficient (Wildman–Crippen LogP) is 4.91. The van der Waals surface area contributed by atoms with E-state index in [-0.39, 0.29) is 5.69 Å². The predicted molar refractivity (Wildman–Crippen MR) is 95.2 cm³/mol. The Kier molecular flexibility index (Phi) is 5.01. The Morgan fingerprint density at radius 3 is 2.75 bits per heavy atom. The fourth-order valence-electron chi connectivity index (χ4n) is 2.21. The summed E-state index contributed by atoms with van der Waals surface area (Å²) in [6, 6.07) is 7.85. The molecule has 24 heavy (non-hydrogen) atoms. The number of nitrogens with zero attached hydrogens (tertiary/aromatic N) is 2. The van der Waals surface area contributed by atoms with Crippen molar-refractivity contribution >= 4 is 49.9 Å². The van der Waals surface area contributed by atoms with Gasteiger partial charge in [0.25, 0.3) is 0 Å². The van der Waals surface area contributed by atoms with Crippen molar-refractivity contribution < 1.29 is 13.9 Å². The van der Waals surface area contributed by atoms with E-state index in [2.05, 4.69) is 31.2 Å². The first-order chi connectivity index (χ1) is 11.6. The first-order valence-electron chi connectivity index (χ1n) is 6.86. The number of hydrogen-bond donors (Lipinski definition) is 1. The van der Waals surface area contributed by atoms with E-state index in [1.165, 1.54) is 19.5 Å². The second kappa shape index (κ2) is 7.19. The highest BCUT2D eigenvalue weighted by Gasteiger charge is 2.13. The second-order valence-corrected chi connectivity index (χ2v) is 5.64. The summed E-state index contributed by atoms with van der Waals surface area (Å²) >= 11 is 8.98. The van der Waals surface area contributed by atoms with E-state index in [0.29, 0.717) is 38.8 Å². The maximum atomic E-state index is 14.0. The van der Waals surface area contributed by atoms with Gasteiger partial charge >= 0.3 is 0 Å². The Hall–Kier alpha value is -2.12. The molecule has 2 aromatic carbocycles. The summed E-state index contributed by atoms with van der Waals surface area (Å²) < 4.78 is 24.8. The van der Waals surface area contributed by atoms with Crippen LogP contribution in [0.2, 0.25) is 5.02 Å². The zero-order valence-corrected chi connectivity index (χ0v) is 14.9. The quantitative estimate of drug-likeness (QED) is 0.604. The van der Waals surface area contributed by atoms with Crippen molar-refractivity contribution in [1.29, 1.82) is 0 Å². The van der Waals surface area contributed by atoms with E-state index in [1.807, 2.05) is 0 Å². The van der Waals surface area contributed by atoms with Gasteiger partial charge in [-0.3, -0.25) is 0 Å². The molecule has 0 bridgehead atoms. The lowest BCUT2D eigenvalue weighted by molar-refractivity contribution is 0.347. The number of fused-ring (bicyclic) bond motifs is 1. The fraction of sp³-hybridized carbons (Fsp3) is 0.125. The van der Waals surface area contributed by atoms with Crippen molar-refractivity contribution in [2.45, 2.75) is 0 Å². The molecule has 0 radical (unpaired) electrons. The van der Waals surface area contributed by atoms with Crippen LogP contribution in [-0.2, 0) is 0 Å². The Bertz CT molecular complexity index is 895. The molecule has 0 atom stereocenters. The molecule has 1 N–H and O–H groups in total. The monoisotopic (exact) mass is 411 g/mol. The second-order valence-electron chi connectivity index (χ2n) is 4.75. The Morgan fingerprint density at radius 1 is 1.21 bits per heavy atom. The number of rotatable bonds is 5. The third-order valence-corrected chi connectivity index (χ3v) is 3.78. The number of ether oxygens (including phenoxy) is 2. The number of nitrogens with one attached hydrogen (secondary N) is 1. The SMILES string of the molecule is COc1cc2c(Nc3ccc(Cl)cc3F)ncnc2cc1OCBr. The van der Waals surface area contributed by atoms with Gasteiger partial charge in [-0.25, -0.2) is 14.4 Å². The van der Waals surface area contributed by atoms with E-state index < -0.39 is 5.82 Å². The molecule has 0 fully saturated rings. The standard InChI is InChI=1S/C16H12BrClFN3O2/c1-23-14-5-10-13(6-15(14)24-7-17)20-8-21-16(10)22-12-3-2-9(18)4-11(12)19/h2-6,8H,7H2,1H3,(H,20,21,22). The maximum absolute atomic E-state index is 14.0. The summed E-state index contributed by atoms with van der Waals surface area (Å²) in [5.41, 5.74) is 1.22. The van der Waals surface area contributed by atoms with Crippen molar-refractivity contribution in [2.24, 2.45) is 0 Å². The molecular formula is C16H12BrClFN3O2. The minimum absolute atomic E-state index is 0.263. The van der Waals surface area contributed by atoms with Gasteiger partial charge in [0, 0.05) is 16.5 Å². The molecule has 1 heterocycles. The van der Waals surface area contributed by atoms with E-state index in [9.17, 15) is 4.39 Å². The molecule has 124 valence electrons. The van der Waals surface area contributed by atoms with Crippen LogP contribution in [0.25, 0.3) is 10.9 Å². The number of halogens is 3. The maximum Gasteiger partial charge on any atom is 0.164 e. The average molecular weight is 413 g/mol. The highest BCUT2D eigenvalue weighted by molar-refractivity contribution is 9.09. The first kappa shape index (κ1) is 16.7. The molecule has 5 nitrogen and oxygen atoms in total. The molecule has 0 saturated heterocycles.